The Kier molecular flexibility index (Phi) is 4.95. The zero-order valence-electron chi connectivity index (χ0n) is 12.4. The zero-order chi connectivity index (χ0) is 14.5. The van der Waals surface area contributed by atoms with Crippen molar-refractivity contribution in [2.45, 2.75) is 32.1 Å². The monoisotopic (exact) mass is 276 g/mol. The summed E-state index contributed by atoms with van der Waals surface area (Å²) in [6, 6.07) is 1.99. The Morgan fingerprint density at radius 3 is 2.85 bits per heavy atom. The van der Waals surface area contributed by atoms with Crippen LogP contribution in [0.25, 0.3) is 0 Å². The topological polar surface area (TPSA) is 75.2 Å². The molecule has 0 unspecified atom stereocenters. The SMILES string of the molecule is CN(C)CCCOc1nc2c(cc1C(=N)N)CCCC2. The molecule has 1 aliphatic rings. The standard InChI is InChI=1S/C15H24N4O/c1-19(2)8-5-9-20-15-12(14(16)17)10-11-6-3-4-7-13(11)18-15/h10H,3-9H2,1-2H3,(H3,16,17). The minimum absolute atomic E-state index is 0.0356. The number of nitrogens with two attached hydrogens (primary N) is 1. The summed E-state index contributed by atoms with van der Waals surface area (Å²) in [4.78, 5) is 6.72. The molecule has 0 saturated heterocycles. The van der Waals surface area contributed by atoms with Crippen molar-refractivity contribution < 1.29 is 4.74 Å². The predicted molar refractivity (Wildman–Crippen MR) is 80.6 cm³/mol. The smallest absolute Gasteiger partial charge is 0.224 e. The molecule has 0 spiro atoms. The van der Waals surface area contributed by atoms with Gasteiger partial charge in [0, 0.05) is 12.2 Å². The molecule has 1 heterocycles. The van der Waals surface area contributed by atoms with E-state index in [0.717, 1.165) is 31.5 Å². The average molecular weight is 276 g/mol. The molecule has 1 aliphatic carbocycles. The Hall–Kier alpha value is -1.62. The van der Waals surface area contributed by atoms with Gasteiger partial charge in [-0.1, -0.05) is 0 Å². The van der Waals surface area contributed by atoms with E-state index >= 15 is 0 Å². The third-order valence-corrected chi connectivity index (χ3v) is 3.54. The predicted octanol–water partition coefficient (Wildman–Crippen LogP) is 1.57. The molecule has 0 atom stereocenters. The van der Waals surface area contributed by atoms with Gasteiger partial charge >= 0.3 is 0 Å². The van der Waals surface area contributed by atoms with Crippen LogP contribution >= 0.6 is 0 Å². The van der Waals surface area contributed by atoms with E-state index in [1.165, 1.54) is 18.4 Å². The van der Waals surface area contributed by atoms with Crippen LogP contribution in [0, 0.1) is 5.41 Å². The van der Waals surface area contributed by atoms with Crippen LogP contribution in [0.4, 0.5) is 0 Å². The summed E-state index contributed by atoms with van der Waals surface area (Å²) in [5.41, 5.74) is 8.63. The number of hydrogen-bond acceptors (Lipinski definition) is 4. The average Bonchev–Trinajstić information content (AvgIpc) is 2.42. The maximum absolute atomic E-state index is 7.69. The van der Waals surface area contributed by atoms with Gasteiger partial charge in [0.05, 0.1) is 12.2 Å². The molecule has 5 heteroatoms. The summed E-state index contributed by atoms with van der Waals surface area (Å²) in [7, 11) is 4.08. The normalized spacial score (nSPS) is 14.2. The van der Waals surface area contributed by atoms with Crippen LogP contribution in [0.2, 0.25) is 0 Å². The number of nitrogens with zero attached hydrogens (tertiary/aromatic N) is 2. The van der Waals surface area contributed by atoms with Crippen molar-refractivity contribution in [3.63, 3.8) is 0 Å². The van der Waals surface area contributed by atoms with Crippen LogP contribution < -0.4 is 10.5 Å². The Bertz CT molecular complexity index is 485. The van der Waals surface area contributed by atoms with Crippen LogP contribution in [0.15, 0.2) is 6.07 Å². The number of fused-ring (bicyclic) bond motifs is 1. The molecule has 2 rings (SSSR count). The van der Waals surface area contributed by atoms with E-state index in [0.29, 0.717) is 18.1 Å². The summed E-state index contributed by atoms with van der Waals surface area (Å²) in [5, 5.41) is 7.69. The first-order chi connectivity index (χ1) is 9.58. The molecule has 0 saturated carbocycles. The van der Waals surface area contributed by atoms with Crippen molar-refractivity contribution in [2.24, 2.45) is 5.73 Å². The summed E-state index contributed by atoms with van der Waals surface area (Å²) >= 11 is 0. The van der Waals surface area contributed by atoms with Gasteiger partial charge in [-0.15, -0.1) is 0 Å². The number of aryl methyl sites for hydroxylation is 2. The molecular weight excluding hydrogens is 252 g/mol. The first-order valence-electron chi connectivity index (χ1n) is 7.22. The lowest BCUT2D eigenvalue weighted by molar-refractivity contribution is 0.271. The van der Waals surface area contributed by atoms with Gasteiger partial charge in [-0.25, -0.2) is 4.98 Å². The lowest BCUT2D eigenvalue weighted by Crippen LogP contribution is -2.19. The van der Waals surface area contributed by atoms with E-state index in [9.17, 15) is 0 Å². The Labute approximate surface area is 120 Å². The van der Waals surface area contributed by atoms with E-state index in [-0.39, 0.29) is 5.84 Å². The van der Waals surface area contributed by atoms with Gasteiger partial charge in [-0.2, -0.15) is 0 Å². The Balaban J connectivity index is 2.11. The molecule has 20 heavy (non-hydrogen) atoms. The third kappa shape index (κ3) is 3.70. The van der Waals surface area contributed by atoms with Crippen LogP contribution in [-0.4, -0.2) is 43.0 Å². The number of hydrogen-bond donors (Lipinski definition) is 2. The van der Waals surface area contributed by atoms with Crippen LogP contribution in [-0.2, 0) is 12.8 Å². The first kappa shape index (κ1) is 14.8. The quantitative estimate of drug-likeness (QED) is 0.470. The maximum Gasteiger partial charge on any atom is 0.224 e. The van der Waals surface area contributed by atoms with Crippen molar-refractivity contribution in [3.8, 4) is 5.88 Å². The van der Waals surface area contributed by atoms with Gasteiger partial charge in [-0.05, 0) is 57.8 Å². The molecule has 0 fully saturated rings. The van der Waals surface area contributed by atoms with Crippen LogP contribution in [0.5, 0.6) is 5.88 Å². The van der Waals surface area contributed by atoms with Gasteiger partial charge in [0.1, 0.15) is 5.84 Å². The minimum atomic E-state index is 0.0356. The number of rotatable bonds is 6. The highest BCUT2D eigenvalue weighted by atomic mass is 16.5. The molecular formula is C15H24N4O. The highest BCUT2D eigenvalue weighted by molar-refractivity contribution is 5.97. The fourth-order valence-electron chi connectivity index (χ4n) is 2.47. The number of aromatic nitrogens is 1. The second-order valence-electron chi connectivity index (χ2n) is 5.57. The molecule has 0 aromatic carbocycles. The summed E-state index contributed by atoms with van der Waals surface area (Å²) in [6.45, 7) is 1.57. The molecule has 0 radical (unpaired) electrons. The molecule has 0 amide bonds. The van der Waals surface area contributed by atoms with Gasteiger partial charge in [0.25, 0.3) is 0 Å². The van der Waals surface area contributed by atoms with Crippen molar-refractivity contribution in [1.29, 1.82) is 5.41 Å². The highest BCUT2D eigenvalue weighted by Crippen LogP contribution is 2.25. The molecule has 5 nitrogen and oxygen atoms in total. The highest BCUT2D eigenvalue weighted by Gasteiger charge is 2.17. The van der Waals surface area contributed by atoms with Crippen molar-refractivity contribution in [3.05, 3.63) is 22.9 Å². The Morgan fingerprint density at radius 1 is 1.40 bits per heavy atom. The van der Waals surface area contributed by atoms with E-state index in [1.54, 1.807) is 0 Å². The number of ether oxygens (including phenoxy) is 1. The zero-order valence-corrected chi connectivity index (χ0v) is 12.4. The fourth-order valence-corrected chi connectivity index (χ4v) is 2.47. The van der Waals surface area contributed by atoms with Gasteiger partial charge < -0.3 is 15.4 Å². The van der Waals surface area contributed by atoms with Gasteiger partial charge in [0.2, 0.25) is 5.88 Å². The number of nitrogens with one attached hydrogen (secondary N) is 1. The largest absolute Gasteiger partial charge is 0.477 e. The lowest BCUT2D eigenvalue weighted by atomic mass is 9.95. The number of pyridine rings is 1. The van der Waals surface area contributed by atoms with Crippen molar-refractivity contribution in [2.75, 3.05) is 27.2 Å². The maximum atomic E-state index is 7.69. The molecule has 0 bridgehead atoms. The van der Waals surface area contributed by atoms with E-state index in [1.807, 2.05) is 20.2 Å². The van der Waals surface area contributed by atoms with E-state index < -0.39 is 0 Å². The van der Waals surface area contributed by atoms with Crippen molar-refractivity contribution in [1.82, 2.24) is 9.88 Å². The number of amidine groups is 1. The lowest BCUT2D eigenvalue weighted by Gasteiger charge is -2.18. The molecule has 1 aromatic heterocycles. The van der Waals surface area contributed by atoms with E-state index in [4.69, 9.17) is 15.9 Å². The molecule has 1 aromatic rings. The molecule has 3 N–H and O–H groups in total. The number of nitrogen functional groups attached to an aromatic ring is 1. The summed E-state index contributed by atoms with van der Waals surface area (Å²) in [5.74, 6) is 0.561. The van der Waals surface area contributed by atoms with E-state index in [2.05, 4.69) is 9.88 Å². The third-order valence-electron chi connectivity index (χ3n) is 3.54. The molecule has 0 aliphatic heterocycles. The summed E-state index contributed by atoms with van der Waals surface area (Å²) in [6.07, 6.45) is 5.34. The van der Waals surface area contributed by atoms with Gasteiger partial charge in [0.15, 0.2) is 0 Å². The second-order valence-corrected chi connectivity index (χ2v) is 5.57. The second kappa shape index (κ2) is 6.70. The summed E-state index contributed by atoms with van der Waals surface area (Å²) < 4.78 is 5.76. The first-order valence-corrected chi connectivity index (χ1v) is 7.22. The van der Waals surface area contributed by atoms with Crippen LogP contribution in [0.1, 0.15) is 36.1 Å². The Morgan fingerprint density at radius 2 is 2.15 bits per heavy atom. The van der Waals surface area contributed by atoms with Crippen LogP contribution in [0.3, 0.4) is 0 Å². The molecule has 110 valence electrons. The van der Waals surface area contributed by atoms with Gasteiger partial charge in [-0.3, -0.25) is 5.41 Å². The van der Waals surface area contributed by atoms with Crippen molar-refractivity contribution >= 4 is 5.84 Å². The fraction of sp³-hybridized carbons (Fsp3) is 0.600. The minimum Gasteiger partial charge on any atom is -0.477 e.